The fourth-order valence-electron chi connectivity index (χ4n) is 4.09. The van der Waals surface area contributed by atoms with Gasteiger partial charge in [0.1, 0.15) is 11.6 Å². The lowest BCUT2D eigenvalue weighted by Gasteiger charge is -2.20. The monoisotopic (exact) mass is 414 g/mol. The molecule has 2 amide bonds. The Bertz CT molecular complexity index is 819. The number of carbonyl (C=O) groups excluding carboxylic acids is 2. The lowest BCUT2D eigenvalue weighted by Crippen LogP contribution is -2.34. The number of nitrogens with zero attached hydrogens (tertiary/aromatic N) is 3. The molecule has 30 heavy (non-hydrogen) atoms. The normalized spacial score (nSPS) is 16.2. The molecule has 7 nitrogen and oxygen atoms in total. The molecule has 1 aromatic rings. The van der Waals surface area contributed by atoms with E-state index in [4.69, 9.17) is 4.74 Å². The molecule has 1 unspecified atom stereocenters. The molecule has 0 bridgehead atoms. The first kappa shape index (κ1) is 23.7. The number of aromatic nitrogens is 1. The maximum absolute atomic E-state index is 12.5. The zero-order valence-electron chi connectivity index (χ0n) is 18.7. The van der Waals surface area contributed by atoms with Gasteiger partial charge in [-0.3, -0.25) is 9.59 Å². The van der Waals surface area contributed by atoms with Crippen LogP contribution in [0.4, 0.5) is 0 Å². The highest BCUT2D eigenvalue weighted by Gasteiger charge is 2.17. The summed E-state index contributed by atoms with van der Waals surface area (Å²) in [6, 6.07) is 4.17. The summed E-state index contributed by atoms with van der Waals surface area (Å²) >= 11 is 0. The number of methoxy groups -OCH3 is 1. The second-order valence-electron chi connectivity index (χ2n) is 7.97. The number of amides is 2. The van der Waals surface area contributed by atoms with Crippen LogP contribution in [0.15, 0.2) is 11.6 Å². The number of hydrogen-bond acceptors (Lipinski definition) is 4. The summed E-state index contributed by atoms with van der Waals surface area (Å²) in [6.07, 6.45) is 6.05. The fraction of sp³-hybridized carbons (Fsp3) is 0.609. The summed E-state index contributed by atoms with van der Waals surface area (Å²) in [5, 5.41) is 12.3. The third-order valence-electron chi connectivity index (χ3n) is 5.60. The van der Waals surface area contributed by atoms with Gasteiger partial charge in [-0.1, -0.05) is 6.42 Å². The van der Waals surface area contributed by atoms with Crippen molar-refractivity contribution in [2.24, 2.45) is 0 Å². The van der Waals surface area contributed by atoms with Crippen LogP contribution in [0.3, 0.4) is 0 Å². The number of carbonyl (C=O) groups is 2. The van der Waals surface area contributed by atoms with Gasteiger partial charge in [0.25, 0.3) is 5.91 Å². The van der Waals surface area contributed by atoms with Gasteiger partial charge in [0, 0.05) is 44.6 Å². The van der Waals surface area contributed by atoms with Crippen molar-refractivity contribution in [3.63, 3.8) is 0 Å². The van der Waals surface area contributed by atoms with Crippen LogP contribution in [0.2, 0.25) is 0 Å². The Balaban J connectivity index is 1.96. The van der Waals surface area contributed by atoms with E-state index < -0.39 is 0 Å². The van der Waals surface area contributed by atoms with Gasteiger partial charge in [-0.15, -0.1) is 0 Å². The summed E-state index contributed by atoms with van der Waals surface area (Å²) in [5.41, 5.74) is 3.00. The minimum absolute atomic E-state index is 0.0838. The highest BCUT2D eigenvalue weighted by Crippen LogP contribution is 2.22. The largest absolute Gasteiger partial charge is 0.383 e. The van der Waals surface area contributed by atoms with Crippen LogP contribution >= 0.6 is 0 Å². The second kappa shape index (κ2) is 11.6. The molecule has 0 aromatic carbocycles. The number of nitriles is 1. The number of nitrogens with one attached hydrogen (secondary N) is 1. The maximum Gasteiger partial charge on any atom is 0.261 e. The molecule has 164 valence electrons. The molecule has 1 aliphatic heterocycles. The van der Waals surface area contributed by atoms with E-state index >= 15 is 0 Å². The highest BCUT2D eigenvalue weighted by atomic mass is 16.5. The van der Waals surface area contributed by atoms with Crippen molar-refractivity contribution >= 4 is 17.9 Å². The molecular formula is C23H34N4O3. The number of rotatable bonds is 9. The summed E-state index contributed by atoms with van der Waals surface area (Å²) in [5.74, 6) is -0.177. The third kappa shape index (κ3) is 6.20. The van der Waals surface area contributed by atoms with Crippen molar-refractivity contribution in [1.29, 1.82) is 5.26 Å². The predicted molar refractivity (Wildman–Crippen MR) is 117 cm³/mol. The van der Waals surface area contributed by atoms with Gasteiger partial charge in [-0.2, -0.15) is 5.26 Å². The Morgan fingerprint density at radius 3 is 2.83 bits per heavy atom. The molecule has 1 aliphatic rings. The molecule has 7 heteroatoms. The molecule has 0 radical (unpaired) electrons. The van der Waals surface area contributed by atoms with Gasteiger partial charge in [-0.05, 0) is 57.7 Å². The number of likely N-dealkylation sites (tertiary alicyclic amines) is 1. The lowest BCUT2D eigenvalue weighted by molar-refractivity contribution is -0.130. The van der Waals surface area contributed by atoms with E-state index in [2.05, 4.69) is 16.8 Å². The van der Waals surface area contributed by atoms with Crippen LogP contribution in [-0.2, 0) is 14.3 Å². The van der Waals surface area contributed by atoms with Gasteiger partial charge in [0.15, 0.2) is 0 Å². The quantitative estimate of drug-likeness (QED) is 0.382. The lowest BCUT2D eigenvalue weighted by atomic mass is 10.1. The second-order valence-corrected chi connectivity index (χ2v) is 7.97. The zero-order chi connectivity index (χ0) is 22.1. The van der Waals surface area contributed by atoms with Crippen molar-refractivity contribution in [2.45, 2.75) is 58.9 Å². The first-order chi connectivity index (χ1) is 14.4. The smallest absolute Gasteiger partial charge is 0.261 e. The standard InChI is InChI=1S/C23H34N4O3/c1-17-13-20(19(3)27(17)18(2)16-30-4)14-21(15-24)23(29)25-10-8-12-26-11-7-5-6-9-22(26)28/h13-14,18H,5-12,16H2,1-4H3,(H,25,29)/b21-14+. The van der Waals surface area contributed by atoms with Crippen molar-refractivity contribution in [3.05, 3.63) is 28.6 Å². The van der Waals surface area contributed by atoms with E-state index in [0.717, 1.165) is 42.8 Å². The van der Waals surface area contributed by atoms with Gasteiger partial charge >= 0.3 is 0 Å². The van der Waals surface area contributed by atoms with Crippen molar-refractivity contribution in [3.8, 4) is 6.07 Å². The van der Waals surface area contributed by atoms with Crippen LogP contribution in [0.5, 0.6) is 0 Å². The summed E-state index contributed by atoms with van der Waals surface area (Å²) in [6.45, 7) is 8.53. The van der Waals surface area contributed by atoms with Crippen LogP contribution in [0.1, 0.15) is 62.0 Å². The van der Waals surface area contributed by atoms with Gasteiger partial charge < -0.3 is 19.5 Å². The maximum atomic E-state index is 12.5. The Morgan fingerprint density at radius 2 is 2.13 bits per heavy atom. The SMILES string of the molecule is COCC(C)n1c(C)cc(/C=C(\C#N)C(=O)NCCCN2CCCCCC2=O)c1C. The van der Waals surface area contributed by atoms with E-state index in [1.54, 1.807) is 13.2 Å². The molecule has 0 aliphatic carbocycles. The first-order valence-corrected chi connectivity index (χ1v) is 10.7. The molecule has 1 atom stereocenters. The number of hydrogen-bond donors (Lipinski definition) is 1. The molecule has 2 rings (SSSR count). The summed E-state index contributed by atoms with van der Waals surface area (Å²) in [7, 11) is 1.67. The van der Waals surface area contributed by atoms with E-state index in [1.165, 1.54) is 0 Å². The topological polar surface area (TPSA) is 87.4 Å². The van der Waals surface area contributed by atoms with Gasteiger partial charge in [0.05, 0.1) is 12.6 Å². The van der Waals surface area contributed by atoms with E-state index in [-0.39, 0.29) is 23.4 Å². The Hall–Kier alpha value is -2.59. The van der Waals surface area contributed by atoms with E-state index in [9.17, 15) is 14.9 Å². The van der Waals surface area contributed by atoms with Crippen LogP contribution in [0.25, 0.3) is 6.08 Å². The van der Waals surface area contributed by atoms with Crippen molar-refractivity contribution in [2.75, 3.05) is 33.4 Å². The fourth-order valence-corrected chi connectivity index (χ4v) is 4.09. The summed E-state index contributed by atoms with van der Waals surface area (Å²) < 4.78 is 7.41. The zero-order valence-corrected chi connectivity index (χ0v) is 18.7. The van der Waals surface area contributed by atoms with Crippen LogP contribution in [-0.4, -0.2) is 54.6 Å². The molecular weight excluding hydrogens is 380 g/mol. The average Bonchev–Trinajstić information content (AvgIpc) is 2.85. The van der Waals surface area contributed by atoms with Gasteiger partial charge in [0.2, 0.25) is 5.91 Å². The first-order valence-electron chi connectivity index (χ1n) is 10.7. The summed E-state index contributed by atoms with van der Waals surface area (Å²) in [4.78, 5) is 26.4. The van der Waals surface area contributed by atoms with Crippen molar-refractivity contribution in [1.82, 2.24) is 14.8 Å². The predicted octanol–water partition coefficient (Wildman–Crippen LogP) is 3.13. The van der Waals surface area contributed by atoms with E-state index in [1.807, 2.05) is 30.9 Å². The van der Waals surface area contributed by atoms with E-state index in [0.29, 0.717) is 32.5 Å². The third-order valence-corrected chi connectivity index (χ3v) is 5.60. The molecule has 0 saturated carbocycles. The Kier molecular flexibility index (Phi) is 9.13. The molecule has 1 saturated heterocycles. The van der Waals surface area contributed by atoms with Crippen molar-refractivity contribution < 1.29 is 14.3 Å². The molecule has 1 N–H and O–H groups in total. The number of aryl methyl sites for hydroxylation is 1. The molecule has 1 aromatic heterocycles. The molecule has 0 spiro atoms. The minimum Gasteiger partial charge on any atom is -0.383 e. The van der Waals surface area contributed by atoms with Crippen LogP contribution in [0, 0.1) is 25.2 Å². The molecule has 2 heterocycles. The Labute approximate surface area is 179 Å². The minimum atomic E-state index is -0.380. The molecule has 1 fully saturated rings. The number of ether oxygens (including phenoxy) is 1. The van der Waals surface area contributed by atoms with Gasteiger partial charge in [-0.25, -0.2) is 0 Å². The Morgan fingerprint density at radius 1 is 1.37 bits per heavy atom. The van der Waals surface area contributed by atoms with Crippen LogP contribution < -0.4 is 5.32 Å². The highest BCUT2D eigenvalue weighted by molar-refractivity contribution is 6.01. The average molecular weight is 415 g/mol.